The third-order valence-electron chi connectivity index (χ3n) is 3.98. The van der Waals surface area contributed by atoms with Crippen LogP contribution in [0.2, 0.25) is 0 Å². The summed E-state index contributed by atoms with van der Waals surface area (Å²) >= 11 is 3.64. The molecule has 0 aliphatic rings. The third-order valence-corrected chi connectivity index (χ3v) is 4.72. The molecule has 0 bridgehead atoms. The Bertz CT molecular complexity index is 649. The molecular formula is C21H28BrNO3. The van der Waals surface area contributed by atoms with Crippen LogP contribution in [0.3, 0.4) is 0 Å². The lowest BCUT2D eigenvalue weighted by Gasteiger charge is -2.15. The van der Waals surface area contributed by atoms with Crippen molar-refractivity contribution in [3.05, 3.63) is 58.1 Å². The summed E-state index contributed by atoms with van der Waals surface area (Å²) in [6.07, 6.45) is 2.98. The zero-order valence-corrected chi connectivity index (χ0v) is 16.9. The molecule has 0 unspecified atom stereocenters. The van der Waals surface area contributed by atoms with Crippen molar-refractivity contribution in [1.29, 1.82) is 0 Å². The van der Waals surface area contributed by atoms with Crippen molar-refractivity contribution in [3.8, 4) is 11.5 Å². The van der Waals surface area contributed by atoms with E-state index in [1.54, 1.807) is 0 Å². The number of halogens is 1. The van der Waals surface area contributed by atoms with Crippen molar-refractivity contribution >= 4 is 15.9 Å². The Labute approximate surface area is 164 Å². The number of hydrogen-bond acceptors (Lipinski definition) is 4. The van der Waals surface area contributed by atoms with Gasteiger partial charge in [-0.3, -0.25) is 0 Å². The van der Waals surface area contributed by atoms with Gasteiger partial charge in [0.2, 0.25) is 0 Å². The van der Waals surface area contributed by atoms with Crippen LogP contribution in [0.1, 0.15) is 37.3 Å². The van der Waals surface area contributed by atoms with E-state index in [2.05, 4.69) is 21.2 Å². The van der Waals surface area contributed by atoms with Crippen LogP contribution >= 0.6 is 15.9 Å². The van der Waals surface area contributed by atoms with Gasteiger partial charge in [0, 0.05) is 17.6 Å². The molecule has 0 heterocycles. The minimum Gasteiger partial charge on any atom is -0.490 e. The van der Waals surface area contributed by atoms with E-state index in [0.717, 1.165) is 59.5 Å². The van der Waals surface area contributed by atoms with E-state index >= 15 is 0 Å². The maximum atomic E-state index is 8.81. The zero-order valence-electron chi connectivity index (χ0n) is 15.3. The van der Waals surface area contributed by atoms with Crippen LogP contribution in [-0.4, -0.2) is 24.9 Å². The molecule has 26 heavy (non-hydrogen) atoms. The van der Waals surface area contributed by atoms with Gasteiger partial charge in [-0.05, 0) is 56.0 Å². The molecule has 0 aliphatic carbocycles. The van der Waals surface area contributed by atoms with Crippen molar-refractivity contribution in [1.82, 2.24) is 5.32 Å². The molecular weight excluding hydrogens is 394 g/mol. The maximum absolute atomic E-state index is 8.81. The third kappa shape index (κ3) is 6.98. The van der Waals surface area contributed by atoms with Gasteiger partial charge in [0.1, 0.15) is 6.61 Å². The Morgan fingerprint density at radius 2 is 1.77 bits per heavy atom. The number of hydrogen-bond donors (Lipinski definition) is 2. The fraction of sp³-hybridized carbons (Fsp3) is 0.429. The summed E-state index contributed by atoms with van der Waals surface area (Å²) in [6.45, 7) is 5.05. The molecule has 2 N–H and O–H groups in total. The molecule has 0 aliphatic heterocycles. The first kappa shape index (κ1) is 20.7. The average Bonchev–Trinajstić information content (AvgIpc) is 2.66. The van der Waals surface area contributed by atoms with Gasteiger partial charge in [-0.1, -0.05) is 46.3 Å². The molecule has 2 aromatic carbocycles. The van der Waals surface area contributed by atoms with E-state index in [1.807, 2.05) is 49.4 Å². The van der Waals surface area contributed by atoms with E-state index in [1.165, 1.54) is 0 Å². The number of benzene rings is 2. The van der Waals surface area contributed by atoms with Gasteiger partial charge in [-0.15, -0.1) is 0 Å². The summed E-state index contributed by atoms with van der Waals surface area (Å²) in [6, 6.07) is 14.1. The standard InChI is InChI=1S/C21H28BrNO3/c1-2-25-20-13-18(15-23-11-7-4-8-12-24)19(22)14-21(20)26-16-17-9-5-3-6-10-17/h3,5-6,9-10,13-14,23-24H,2,4,7-8,11-12,15-16H2,1H3. The monoisotopic (exact) mass is 421 g/mol. The number of aliphatic hydroxyl groups excluding tert-OH is 1. The number of rotatable bonds is 12. The number of nitrogens with one attached hydrogen (secondary N) is 1. The van der Waals surface area contributed by atoms with Gasteiger partial charge in [0.15, 0.2) is 11.5 Å². The highest BCUT2D eigenvalue weighted by molar-refractivity contribution is 9.10. The van der Waals surface area contributed by atoms with Gasteiger partial charge in [0.05, 0.1) is 6.61 Å². The van der Waals surface area contributed by atoms with Crippen molar-refractivity contribution < 1.29 is 14.6 Å². The lowest BCUT2D eigenvalue weighted by molar-refractivity contribution is 0.269. The second kappa shape index (κ2) is 11.9. The minimum absolute atomic E-state index is 0.272. The second-order valence-electron chi connectivity index (χ2n) is 6.06. The topological polar surface area (TPSA) is 50.7 Å². The first-order chi connectivity index (χ1) is 12.7. The molecule has 5 heteroatoms. The van der Waals surface area contributed by atoms with Crippen molar-refractivity contribution in [2.24, 2.45) is 0 Å². The highest BCUT2D eigenvalue weighted by Crippen LogP contribution is 2.34. The van der Waals surface area contributed by atoms with Crippen LogP contribution < -0.4 is 14.8 Å². The normalized spacial score (nSPS) is 10.7. The second-order valence-corrected chi connectivity index (χ2v) is 6.91. The molecule has 0 saturated carbocycles. The Morgan fingerprint density at radius 1 is 1.00 bits per heavy atom. The number of ether oxygens (including phenoxy) is 2. The van der Waals surface area contributed by atoms with Crippen molar-refractivity contribution in [2.75, 3.05) is 19.8 Å². The fourth-order valence-corrected chi connectivity index (χ4v) is 3.05. The summed E-state index contributed by atoms with van der Waals surface area (Å²) in [5.74, 6) is 1.51. The molecule has 0 amide bonds. The maximum Gasteiger partial charge on any atom is 0.162 e. The van der Waals surface area contributed by atoms with Crippen LogP contribution in [0.4, 0.5) is 0 Å². The Balaban J connectivity index is 1.97. The van der Waals surface area contributed by atoms with Crippen LogP contribution in [-0.2, 0) is 13.2 Å². The smallest absolute Gasteiger partial charge is 0.162 e. The van der Waals surface area contributed by atoms with Gasteiger partial charge < -0.3 is 19.9 Å². The highest BCUT2D eigenvalue weighted by atomic mass is 79.9. The predicted molar refractivity (Wildman–Crippen MR) is 109 cm³/mol. The molecule has 2 aromatic rings. The molecule has 4 nitrogen and oxygen atoms in total. The predicted octanol–water partition coefficient (Wildman–Crippen LogP) is 4.68. The fourth-order valence-electron chi connectivity index (χ4n) is 2.59. The molecule has 0 radical (unpaired) electrons. The molecule has 0 aromatic heterocycles. The average molecular weight is 422 g/mol. The van der Waals surface area contributed by atoms with Gasteiger partial charge >= 0.3 is 0 Å². The lowest BCUT2D eigenvalue weighted by atomic mass is 10.2. The zero-order chi connectivity index (χ0) is 18.6. The van der Waals surface area contributed by atoms with Gasteiger partial charge in [-0.25, -0.2) is 0 Å². The van der Waals surface area contributed by atoms with Crippen molar-refractivity contribution in [3.63, 3.8) is 0 Å². The lowest BCUT2D eigenvalue weighted by Crippen LogP contribution is -2.15. The van der Waals surface area contributed by atoms with Crippen LogP contribution in [0.25, 0.3) is 0 Å². The van der Waals surface area contributed by atoms with Crippen molar-refractivity contribution in [2.45, 2.75) is 39.3 Å². The molecule has 0 fully saturated rings. The van der Waals surface area contributed by atoms with Crippen LogP contribution in [0.5, 0.6) is 11.5 Å². The molecule has 0 saturated heterocycles. The largest absolute Gasteiger partial charge is 0.490 e. The highest BCUT2D eigenvalue weighted by Gasteiger charge is 2.11. The summed E-state index contributed by atoms with van der Waals surface area (Å²) < 4.78 is 12.8. The Morgan fingerprint density at radius 3 is 2.50 bits per heavy atom. The molecule has 142 valence electrons. The first-order valence-electron chi connectivity index (χ1n) is 9.18. The Kier molecular flexibility index (Phi) is 9.53. The van der Waals surface area contributed by atoms with E-state index < -0.39 is 0 Å². The van der Waals surface area contributed by atoms with E-state index in [9.17, 15) is 0 Å². The molecule has 2 rings (SSSR count). The Hall–Kier alpha value is -1.56. The summed E-state index contributed by atoms with van der Waals surface area (Å²) in [4.78, 5) is 0. The van der Waals surface area contributed by atoms with Crippen LogP contribution in [0, 0.1) is 0 Å². The number of unbranched alkanes of at least 4 members (excludes halogenated alkanes) is 2. The molecule has 0 spiro atoms. The molecule has 0 atom stereocenters. The van der Waals surface area contributed by atoms with E-state index in [0.29, 0.717) is 13.2 Å². The minimum atomic E-state index is 0.272. The van der Waals surface area contributed by atoms with E-state index in [4.69, 9.17) is 14.6 Å². The summed E-state index contributed by atoms with van der Waals surface area (Å²) in [7, 11) is 0. The van der Waals surface area contributed by atoms with Gasteiger partial charge in [-0.2, -0.15) is 0 Å². The quantitative estimate of drug-likeness (QED) is 0.488. The number of aliphatic hydroxyl groups is 1. The summed E-state index contributed by atoms with van der Waals surface area (Å²) in [5.41, 5.74) is 2.27. The summed E-state index contributed by atoms with van der Waals surface area (Å²) in [5, 5.41) is 12.2. The SMILES string of the molecule is CCOc1cc(CNCCCCCO)c(Br)cc1OCc1ccccc1. The van der Waals surface area contributed by atoms with E-state index in [-0.39, 0.29) is 6.61 Å². The van der Waals surface area contributed by atoms with Crippen LogP contribution in [0.15, 0.2) is 46.9 Å². The first-order valence-corrected chi connectivity index (χ1v) is 9.97. The van der Waals surface area contributed by atoms with Gasteiger partial charge in [0.25, 0.3) is 0 Å².